The van der Waals surface area contributed by atoms with Crippen molar-refractivity contribution in [1.82, 2.24) is 5.32 Å². The molecule has 1 N–H and O–H groups in total. The van der Waals surface area contributed by atoms with Crippen LogP contribution >= 0.6 is 0 Å². The van der Waals surface area contributed by atoms with Gasteiger partial charge < -0.3 is 5.32 Å². The average Bonchev–Trinajstić information content (AvgIpc) is 2.40. The molecular weight excluding hydrogens is 260 g/mol. The second-order valence-corrected chi connectivity index (χ2v) is 8.23. The zero-order valence-corrected chi connectivity index (χ0v) is 14.0. The second kappa shape index (κ2) is 7.42. The summed E-state index contributed by atoms with van der Waals surface area (Å²) in [4.78, 5) is 16.4. The number of rotatable bonds is 4. The van der Waals surface area contributed by atoms with E-state index in [0.29, 0.717) is 23.8 Å². The predicted octanol–water partition coefficient (Wildman–Crippen LogP) is 3.97. The molecule has 3 nitrogen and oxygen atoms in total. The molecule has 0 aromatic heterocycles. The van der Waals surface area contributed by atoms with Crippen molar-refractivity contribution in [2.75, 3.05) is 6.54 Å². The molecule has 1 saturated carbocycles. The summed E-state index contributed by atoms with van der Waals surface area (Å²) >= 11 is 0. The minimum Gasteiger partial charge on any atom is -0.353 e. The summed E-state index contributed by atoms with van der Waals surface area (Å²) in [5.74, 6) is 1.63. The highest BCUT2D eigenvalue weighted by atomic mass is 16.1. The van der Waals surface area contributed by atoms with Gasteiger partial charge in [0.05, 0.1) is 0 Å². The topological polar surface area (TPSA) is 41.5 Å². The van der Waals surface area contributed by atoms with Crippen LogP contribution in [0.15, 0.2) is 4.99 Å². The molecule has 1 unspecified atom stereocenters. The van der Waals surface area contributed by atoms with Gasteiger partial charge in [-0.1, -0.05) is 20.8 Å². The molecule has 3 heteroatoms. The van der Waals surface area contributed by atoms with Crippen molar-refractivity contribution in [3.05, 3.63) is 0 Å². The van der Waals surface area contributed by atoms with E-state index in [4.69, 9.17) is 0 Å². The van der Waals surface area contributed by atoms with Crippen LogP contribution < -0.4 is 5.32 Å². The molecule has 120 valence electrons. The first-order valence-corrected chi connectivity index (χ1v) is 8.70. The predicted molar refractivity (Wildman–Crippen MR) is 88.7 cm³/mol. The third-order valence-electron chi connectivity index (χ3n) is 4.82. The van der Waals surface area contributed by atoms with E-state index in [1.807, 2.05) is 6.21 Å². The standard InChI is InChI=1S/C18H32N2O/c1-18(2,3)13-15-4-6-16(7-5-15)20-17(21)12-14-8-10-19-11-9-14/h10,14-16H,4-9,11-13H2,1-3H3,(H,20,21)/t14?,15-,16-. The lowest BCUT2D eigenvalue weighted by atomic mass is 9.76. The highest BCUT2D eigenvalue weighted by Crippen LogP contribution is 2.34. The lowest BCUT2D eigenvalue weighted by Gasteiger charge is -2.33. The van der Waals surface area contributed by atoms with Gasteiger partial charge in [0.25, 0.3) is 0 Å². The van der Waals surface area contributed by atoms with Crippen molar-refractivity contribution >= 4 is 12.1 Å². The van der Waals surface area contributed by atoms with Gasteiger partial charge in [0.15, 0.2) is 0 Å². The van der Waals surface area contributed by atoms with E-state index >= 15 is 0 Å². The van der Waals surface area contributed by atoms with Gasteiger partial charge >= 0.3 is 0 Å². The van der Waals surface area contributed by atoms with Gasteiger partial charge in [0.2, 0.25) is 5.91 Å². The first-order chi connectivity index (χ1) is 9.92. The van der Waals surface area contributed by atoms with Crippen LogP contribution in [-0.2, 0) is 4.79 Å². The van der Waals surface area contributed by atoms with E-state index in [0.717, 1.165) is 25.3 Å². The van der Waals surface area contributed by atoms with Crippen molar-refractivity contribution in [1.29, 1.82) is 0 Å². The number of hydrogen-bond acceptors (Lipinski definition) is 2. The summed E-state index contributed by atoms with van der Waals surface area (Å²) in [5, 5.41) is 3.27. The fourth-order valence-electron chi connectivity index (χ4n) is 3.80. The molecule has 1 amide bonds. The Hall–Kier alpha value is -0.860. The van der Waals surface area contributed by atoms with Crippen molar-refractivity contribution in [3.8, 4) is 0 Å². The van der Waals surface area contributed by atoms with Crippen LogP contribution in [0.1, 0.15) is 72.1 Å². The Balaban J connectivity index is 1.66. The second-order valence-electron chi connectivity index (χ2n) is 8.23. The molecule has 0 spiro atoms. The Bertz CT molecular complexity index is 362. The van der Waals surface area contributed by atoms with E-state index in [2.05, 4.69) is 31.1 Å². The molecule has 0 bridgehead atoms. The number of carbonyl (C=O) groups excluding carboxylic acids is 1. The van der Waals surface area contributed by atoms with E-state index in [9.17, 15) is 4.79 Å². The summed E-state index contributed by atoms with van der Waals surface area (Å²) in [7, 11) is 0. The maximum atomic E-state index is 12.1. The van der Waals surface area contributed by atoms with Crippen LogP contribution in [0.3, 0.4) is 0 Å². The molecular formula is C18H32N2O. The van der Waals surface area contributed by atoms with Gasteiger partial charge in [-0.15, -0.1) is 0 Å². The SMILES string of the molecule is CC(C)(C)C[C@H]1CC[C@H](NC(=O)CC2CC=NCC2)CC1. The van der Waals surface area contributed by atoms with Crippen molar-refractivity contribution in [3.63, 3.8) is 0 Å². The molecule has 2 rings (SSSR count). The summed E-state index contributed by atoms with van der Waals surface area (Å²) in [6, 6.07) is 0.422. The Morgan fingerprint density at radius 3 is 2.43 bits per heavy atom. The van der Waals surface area contributed by atoms with Gasteiger partial charge in [0.1, 0.15) is 0 Å². The van der Waals surface area contributed by atoms with E-state index in [1.165, 1.54) is 32.1 Å². The zero-order valence-electron chi connectivity index (χ0n) is 14.0. The fraction of sp³-hybridized carbons (Fsp3) is 0.889. The summed E-state index contributed by atoms with van der Waals surface area (Å²) in [6.45, 7) is 7.88. The number of amides is 1. The number of aliphatic imine (C=N–C) groups is 1. The van der Waals surface area contributed by atoms with Crippen molar-refractivity contribution < 1.29 is 4.79 Å². The van der Waals surface area contributed by atoms with Gasteiger partial charge in [-0.3, -0.25) is 9.79 Å². The summed E-state index contributed by atoms with van der Waals surface area (Å²) < 4.78 is 0. The molecule has 1 fully saturated rings. The smallest absolute Gasteiger partial charge is 0.220 e. The molecule has 21 heavy (non-hydrogen) atoms. The minimum atomic E-state index is 0.259. The average molecular weight is 292 g/mol. The highest BCUT2D eigenvalue weighted by molar-refractivity contribution is 5.77. The molecule has 1 atom stereocenters. The largest absolute Gasteiger partial charge is 0.353 e. The third kappa shape index (κ3) is 6.19. The van der Waals surface area contributed by atoms with Crippen LogP contribution in [-0.4, -0.2) is 24.7 Å². The zero-order chi connectivity index (χ0) is 15.3. The molecule has 0 radical (unpaired) electrons. The Morgan fingerprint density at radius 1 is 1.14 bits per heavy atom. The van der Waals surface area contributed by atoms with Crippen LogP contribution in [0.2, 0.25) is 0 Å². The third-order valence-corrected chi connectivity index (χ3v) is 4.82. The van der Waals surface area contributed by atoms with Gasteiger partial charge in [-0.05, 0) is 68.4 Å². The summed E-state index contributed by atoms with van der Waals surface area (Å²) in [5.41, 5.74) is 0.434. The Kier molecular flexibility index (Phi) is 5.83. The van der Waals surface area contributed by atoms with E-state index in [-0.39, 0.29) is 5.91 Å². The molecule has 1 aliphatic heterocycles. The van der Waals surface area contributed by atoms with Crippen LogP contribution in [0.4, 0.5) is 0 Å². The number of nitrogens with one attached hydrogen (secondary N) is 1. The maximum Gasteiger partial charge on any atom is 0.220 e. The lowest BCUT2D eigenvalue weighted by molar-refractivity contribution is -0.123. The van der Waals surface area contributed by atoms with Crippen LogP contribution in [0.25, 0.3) is 0 Å². The maximum absolute atomic E-state index is 12.1. The first kappa shape index (κ1) is 16.5. The fourth-order valence-corrected chi connectivity index (χ4v) is 3.80. The highest BCUT2D eigenvalue weighted by Gasteiger charge is 2.26. The van der Waals surface area contributed by atoms with Crippen molar-refractivity contribution in [2.24, 2.45) is 22.2 Å². The van der Waals surface area contributed by atoms with Crippen LogP contribution in [0, 0.1) is 17.3 Å². The van der Waals surface area contributed by atoms with Crippen molar-refractivity contribution in [2.45, 2.75) is 78.2 Å². The first-order valence-electron chi connectivity index (χ1n) is 8.70. The number of hydrogen-bond donors (Lipinski definition) is 1. The Morgan fingerprint density at radius 2 is 1.86 bits per heavy atom. The lowest BCUT2D eigenvalue weighted by Crippen LogP contribution is -2.39. The minimum absolute atomic E-state index is 0.259. The summed E-state index contributed by atoms with van der Waals surface area (Å²) in [6.07, 6.45) is 10.9. The molecule has 1 aliphatic carbocycles. The number of carbonyl (C=O) groups is 1. The van der Waals surface area contributed by atoms with Gasteiger partial charge in [-0.25, -0.2) is 0 Å². The molecule has 0 aromatic rings. The quantitative estimate of drug-likeness (QED) is 0.837. The monoisotopic (exact) mass is 292 g/mol. The van der Waals surface area contributed by atoms with E-state index < -0.39 is 0 Å². The van der Waals surface area contributed by atoms with Gasteiger partial charge in [-0.2, -0.15) is 0 Å². The van der Waals surface area contributed by atoms with Crippen LogP contribution in [0.5, 0.6) is 0 Å². The molecule has 2 aliphatic rings. The molecule has 1 heterocycles. The molecule has 0 aromatic carbocycles. The van der Waals surface area contributed by atoms with E-state index in [1.54, 1.807) is 0 Å². The number of nitrogens with zero attached hydrogens (tertiary/aromatic N) is 1. The Labute approximate surface area is 130 Å². The normalized spacial score (nSPS) is 30.1. The molecule has 0 saturated heterocycles. The van der Waals surface area contributed by atoms with Gasteiger partial charge in [0, 0.05) is 19.0 Å².